The quantitative estimate of drug-likeness (QED) is 0.589. The van der Waals surface area contributed by atoms with Crippen molar-refractivity contribution in [1.29, 1.82) is 0 Å². The molecule has 118 valence electrons. The molecule has 0 unspecified atom stereocenters. The first kappa shape index (κ1) is 16.0. The fraction of sp³-hybridized carbons (Fsp3) is 0.222. The fourth-order valence-electron chi connectivity index (χ4n) is 2.35. The van der Waals surface area contributed by atoms with Crippen molar-refractivity contribution in [3.63, 3.8) is 0 Å². The molecule has 3 aromatic rings. The minimum Gasteiger partial charge on any atom is -0.496 e. The summed E-state index contributed by atoms with van der Waals surface area (Å²) < 4.78 is 5.32. The van der Waals surface area contributed by atoms with Crippen molar-refractivity contribution in [2.24, 2.45) is 0 Å². The molecule has 0 spiro atoms. The Kier molecular flexibility index (Phi) is 4.98. The van der Waals surface area contributed by atoms with E-state index >= 15 is 0 Å². The first-order chi connectivity index (χ1) is 11.2. The number of ether oxygens (including phenoxy) is 1. The summed E-state index contributed by atoms with van der Waals surface area (Å²) >= 11 is 3.41. The van der Waals surface area contributed by atoms with Gasteiger partial charge in [-0.3, -0.25) is 0 Å². The molecule has 0 radical (unpaired) electrons. The summed E-state index contributed by atoms with van der Waals surface area (Å²) in [6, 6.07) is 10.3. The molecule has 1 aromatic carbocycles. The van der Waals surface area contributed by atoms with Crippen LogP contribution in [0.2, 0.25) is 0 Å². The number of hydrogen-bond acceptors (Lipinski definition) is 5. The summed E-state index contributed by atoms with van der Waals surface area (Å²) in [5, 5.41) is 4.17. The highest BCUT2D eigenvalue weighted by Gasteiger charge is 2.09. The van der Waals surface area contributed by atoms with Gasteiger partial charge in [-0.2, -0.15) is 0 Å². The second-order valence-electron chi connectivity index (χ2n) is 5.04. The lowest BCUT2D eigenvalue weighted by molar-refractivity contribution is 0.412. The van der Waals surface area contributed by atoms with Gasteiger partial charge in [0.15, 0.2) is 0 Å². The SMILES string of the molecule is CCSc1cc(-c2nc(-c3ccc(OC)c(C)c3)cs2)ccn1. The molecule has 0 aliphatic rings. The van der Waals surface area contributed by atoms with Gasteiger partial charge in [-0.15, -0.1) is 23.1 Å². The van der Waals surface area contributed by atoms with Gasteiger partial charge >= 0.3 is 0 Å². The van der Waals surface area contributed by atoms with Gasteiger partial charge in [0.25, 0.3) is 0 Å². The monoisotopic (exact) mass is 342 g/mol. The summed E-state index contributed by atoms with van der Waals surface area (Å²) in [7, 11) is 1.69. The first-order valence-corrected chi connectivity index (χ1v) is 9.27. The van der Waals surface area contributed by atoms with E-state index in [1.807, 2.05) is 25.3 Å². The maximum absolute atomic E-state index is 5.32. The van der Waals surface area contributed by atoms with Crippen molar-refractivity contribution < 1.29 is 4.74 Å². The number of aryl methyl sites for hydroxylation is 1. The third kappa shape index (κ3) is 3.57. The molecule has 23 heavy (non-hydrogen) atoms. The summed E-state index contributed by atoms with van der Waals surface area (Å²) in [5.41, 5.74) is 4.35. The number of benzene rings is 1. The molecule has 5 heteroatoms. The third-order valence-electron chi connectivity index (χ3n) is 3.47. The van der Waals surface area contributed by atoms with E-state index in [0.29, 0.717) is 0 Å². The number of aromatic nitrogens is 2. The number of methoxy groups -OCH3 is 1. The van der Waals surface area contributed by atoms with Gasteiger partial charge in [-0.05, 0) is 48.6 Å². The molecule has 0 saturated heterocycles. The second-order valence-corrected chi connectivity index (χ2v) is 7.18. The lowest BCUT2D eigenvalue weighted by Gasteiger charge is -2.05. The number of nitrogens with zero attached hydrogens (tertiary/aromatic N) is 2. The smallest absolute Gasteiger partial charge is 0.124 e. The molecular formula is C18H18N2OS2. The van der Waals surface area contributed by atoms with Crippen LogP contribution in [0.3, 0.4) is 0 Å². The normalized spacial score (nSPS) is 10.7. The Balaban J connectivity index is 1.91. The molecule has 0 amide bonds. The molecule has 0 aliphatic carbocycles. The Morgan fingerprint density at radius 3 is 2.78 bits per heavy atom. The average Bonchev–Trinajstić information content (AvgIpc) is 3.05. The van der Waals surface area contributed by atoms with Crippen LogP contribution in [0.15, 0.2) is 46.9 Å². The molecule has 3 rings (SSSR count). The van der Waals surface area contributed by atoms with E-state index in [9.17, 15) is 0 Å². The van der Waals surface area contributed by atoms with E-state index in [4.69, 9.17) is 9.72 Å². The summed E-state index contributed by atoms with van der Waals surface area (Å²) in [6.45, 7) is 4.18. The minimum atomic E-state index is 0.902. The standard InChI is InChI=1S/C18H18N2OS2/c1-4-22-17-10-14(7-8-19-17)18-20-15(11-23-18)13-5-6-16(21-3)12(2)9-13/h5-11H,4H2,1-3H3. The zero-order chi connectivity index (χ0) is 16.2. The molecule has 3 nitrogen and oxygen atoms in total. The van der Waals surface area contributed by atoms with E-state index < -0.39 is 0 Å². The Labute approximate surface area is 144 Å². The lowest BCUT2D eigenvalue weighted by Crippen LogP contribution is -1.88. The molecule has 0 bridgehead atoms. The van der Waals surface area contributed by atoms with Crippen LogP contribution in [0.25, 0.3) is 21.8 Å². The molecular weight excluding hydrogens is 324 g/mol. The zero-order valence-electron chi connectivity index (χ0n) is 13.4. The minimum absolute atomic E-state index is 0.902. The topological polar surface area (TPSA) is 35.0 Å². The number of pyridine rings is 1. The highest BCUT2D eigenvalue weighted by atomic mass is 32.2. The van der Waals surface area contributed by atoms with E-state index in [-0.39, 0.29) is 0 Å². The van der Waals surface area contributed by atoms with Crippen molar-refractivity contribution in [3.8, 4) is 27.6 Å². The first-order valence-electron chi connectivity index (χ1n) is 7.41. The van der Waals surface area contributed by atoms with Crippen LogP contribution in [0.5, 0.6) is 5.75 Å². The Hall–Kier alpha value is -1.85. The van der Waals surface area contributed by atoms with E-state index in [1.54, 1.807) is 30.2 Å². The molecule has 0 fully saturated rings. The van der Waals surface area contributed by atoms with Crippen molar-refractivity contribution >= 4 is 23.1 Å². The van der Waals surface area contributed by atoms with Crippen LogP contribution >= 0.6 is 23.1 Å². The lowest BCUT2D eigenvalue weighted by atomic mass is 10.1. The summed E-state index contributed by atoms with van der Waals surface area (Å²) in [6.07, 6.45) is 1.85. The Morgan fingerprint density at radius 2 is 2.04 bits per heavy atom. The maximum Gasteiger partial charge on any atom is 0.124 e. The number of thioether (sulfide) groups is 1. The van der Waals surface area contributed by atoms with Crippen molar-refractivity contribution in [2.45, 2.75) is 18.9 Å². The molecule has 0 N–H and O–H groups in total. The van der Waals surface area contributed by atoms with Crippen molar-refractivity contribution in [3.05, 3.63) is 47.5 Å². The van der Waals surface area contributed by atoms with Crippen LogP contribution in [0, 0.1) is 6.92 Å². The van der Waals surface area contributed by atoms with Gasteiger partial charge in [0.1, 0.15) is 10.8 Å². The third-order valence-corrected chi connectivity index (χ3v) is 5.17. The molecule has 2 heterocycles. The van der Waals surface area contributed by atoms with Gasteiger partial charge in [0, 0.05) is 22.7 Å². The van der Waals surface area contributed by atoms with E-state index in [1.165, 1.54) is 0 Å². The van der Waals surface area contributed by atoms with Gasteiger partial charge < -0.3 is 4.74 Å². The second kappa shape index (κ2) is 7.15. The van der Waals surface area contributed by atoms with Gasteiger partial charge in [0.05, 0.1) is 17.8 Å². The fourth-order valence-corrected chi connectivity index (χ4v) is 3.81. The van der Waals surface area contributed by atoms with Crippen LogP contribution in [0.4, 0.5) is 0 Å². The predicted molar refractivity (Wildman–Crippen MR) is 98.5 cm³/mol. The average molecular weight is 342 g/mol. The van der Waals surface area contributed by atoms with Gasteiger partial charge in [-0.25, -0.2) is 9.97 Å². The number of thiazole rings is 1. The zero-order valence-corrected chi connectivity index (χ0v) is 15.0. The molecule has 0 saturated carbocycles. The van der Waals surface area contributed by atoms with Crippen molar-refractivity contribution in [1.82, 2.24) is 9.97 Å². The van der Waals surface area contributed by atoms with Crippen LogP contribution < -0.4 is 4.74 Å². The van der Waals surface area contributed by atoms with E-state index in [2.05, 4.69) is 35.5 Å². The van der Waals surface area contributed by atoms with E-state index in [0.717, 1.165) is 43.9 Å². The van der Waals surface area contributed by atoms with Crippen LogP contribution in [-0.4, -0.2) is 22.8 Å². The summed E-state index contributed by atoms with van der Waals surface area (Å²) in [4.78, 5) is 9.17. The Bertz CT molecular complexity index is 814. The predicted octanol–water partition coefficient (Wildman–Crippen LogP) is 5.30. The highest BCUT2D eigenvalue weighted by molar-refractivity contribution is 7.99. The molecule has 0 atom stereocenters. The van der Waals surface area contributed by atoms with Crippen LogP contribution in [-0.2, 0) is 0 Å². The highest BCUT2D eigenvalue weighted by Crippen LogP contribution is 2.32. The Morgan fingerprint density at radius 1 is 1.17 bits per heavy atom. The molecule has 2 aromatic heterocycles. The maximum atomic E-state index is 5.32. The number of hydrogen-bond donors (Lipinski definition) is 0. The molecule has 0 aliphatic heterocycles. The van der Waals surface area contributed by atoms with Crippen LogP contribution in [0.1, 0.15) is 12.5 Å². The largest absolute Gasteiger partial charge is 0.496 e. The number of rotatable bonds is 5. The van der Waals surface area contributed by atoms with Gasteiger partial charge in [-0.1, -0.05) is 6.92 Å². The van der Waals surface area contributed by atoms with Gasteiger partial charge in [0.2, 0.25) is 0 Å². The van der Waals surface area contributed by atoms with Crippen molar-refractivity contribution in [2.75, 3.05) is 12.9 Å². The summed E-state index contributed by atoms with van der Waals surface area (Å²) in [5.74, 6) is 1.92.